The second-order valence-electron chi connectivity index (χ2n) is 3.34. The smallest absolute Gasteiger partial charge is 0.404 e. The van der Waals surface area contributed by atoms with Gasteiger partial charge in [0, 0.05) is 5.41 Å². The number of carbonyl (C=O) groups is 2. The predicted molar refractivity (Wildman–Crippen MR) is 37.8 cm³/mol. The predicted octanol–water partition coefficient (Wildman–Crippen LogP) is 0.305. The molecule has 0 aliphatic heterocycles. The molecule has 4 nitrogen and oxygen atoms in total. The lowest BCUT2D eigenvalue weighted by Crippen LogP contribution is -2.17. The Morgan fingerprint density at radius 1 is 1.64 bits per heavy atom. The summed E-state index contributed by atoms with van der Waals surface area (Å²) in [7, 11) is 0. The summed E-state index contributed by atoms with van der Waals surface area (Å²) in [4.78, 5) is 20.6. The van der Waals surface area contributed by atoms with Crippen molar-refractivity contribution in [3.63, 3.8) is 0 Å². The molecule has 11 heavy (non-hydrogen) atoms. The number of ether oxygens (including phenoxy) is 1. The largest absolute Gasteiger partial charge is 0.445 e. The van der Waals surface area contributed by atoms with Crippen LogP contribution in [0.5, 0.6) is 0 Å². The fraction of sp³-hybridized carbons (Fsp3) is 0.714. The van der Waals surface area contributed by atoms with E-state index in [1.54, 1.807) is 0 Å². The number of aldehydes is 1. The van der Waals surface area contributed by atoms with Gasteiger partial charge >= 0.3 is 6.09 Å². The highest BCUT2D eigenvalue weighted by molar-refractivity contribution is 5.68. The average Bonchev–Trinajstić information content (AvgIpc) is 2.33. The van der Waals surface area contributed by atoms with E-state index in [-0.39, 0.29) is 17.4 Å². The third kappa shape index (κ3) is 1.20. The number of rotatable bonds is 2. The van der Waals surface area contributed by atoms with E-state index in [4.69, 9.17) is 5.73 Å². The van der Waals surface area contributed by atoms with Crippen molar-refractivity contribution in [1.82, 2.24) is 0 Å². The van der Waals surface area contributed by atoms with Gasteiger partial charge in [-0.2, -0.15) is 0 Å². The molecule has 0 heterocycles. The molecule has 1 saturated carbocycles. The highest BCUT2D eigenvalue weighted by atomic mass is 16.6. The molecule has 1 fully saturated rings. The molecule has 4 heteroatoms. The molecule has 1 aliphatic rings. The summed E-state index contributed by atoms with van der Waals surface area (Å²) in [5.41, 5.74) is 4.57. The zero-order valence-corrected chi connectivity index (χ0v) is 6.53. The van der Waals surface area contributed by atoms with Crippen LogP contribution in [-0.2, 0) is 9.53 Å². The molecule has 1 aliphatic carbocycles. The Morgan fingerprint density at radius 3 is 2.45 bits per heavy atom. The molecule has 0 aromatic rings. The van der Waals surface area contributed by atoms with Gasteiger partial charge in [0.05, 0.1) is 5.92 Å². The Bertz CT molecular complexity index is 200. The molecular weight excluding hydrogens is 146 g/mol. The summed E-state index contributed by atoms with van der Waals surface area (Å²) in [6.07, 6.45) is -0.335. The van der Waals surface area contributed by atoms with Crippen LogP contribution >= 0.6 is 0 Å². The molecule has 0 spiro atoms. The van der Waals surface area contributed by atoms with Crippen molar-refractivity contribution < 1.29 is 14.3 Å². The minimum atomic E-state index is -0.813. The number of nitrogens with two attached hydrogens (primary N) is 1. The zero-order chi connectivity index (χ0) is 8.65. The maximum Gasteiger partial charge on any atom is 0.404 e. The van der Waals surface area contributed by atoms with Gasteiger partial charge in [0.25, 0.3) is 0 Å². The lowest BCUT2D eigenvalue weighted by molar-refractivity contribution is -0.109. The third-order valence-electron chi connectivity index (χ3n) is 2.20. The van der Waals surface area contributed by atoms with E-state index < -0.39 is 6.09 Å². The SMILES string of the molecule is CC1(C)C(C=O)C1OC(N)=O. The topological polar surface area (TPSA) is 69.4 Å². The van der Waals surface area contributed by atoms with Crippen LogP contribution in [0.4, 0.5) is 4.79 Å². The summed E-state index contributed by atoms with van der Waals surface area (Å²) in [5.74, 6) is -0.185. The van der Waals surface area contributed by atoms with Gasteiger partial charge in [-0.1, -0.05) is 13.8 Å². The molecule has 1 rings (SSSR count). The van der Waals surface area contributed by atoms with Gasteiger partial charge in [-0.3, -0.25) is 0 Å². The Hall–Kier alpha value is -1.06. The molecule has 0 aromatic carbocycles. The van der Waals surface area contributed by atoms with Crippen LogP contribution in [0.2, 0.25) is 0 Å². The average molecular weight is 157 g/mol. The molecule has 2 unspecified atom stereocenters. The Kier molecular flexibility index (Phi) is 1.62. The van der Waals surface area contributed by atoms with E-state index in [9.17, 15) is 9.59 Å². The van der Waals surface area contributed by atoms with Crippen molar-refractivity contribution in [2.75, 3.05) is 0 Å². The number of amides is 1. The number of hydrogen-bond donors (Lipinski definition) is 1. The lowest BCUT2D eigenvalue weighted by Gasteiger charge is -2.00. The minimum Gasteiger partial charge on any atom is -0.445 e. The lowest BCUT2D eigenvalue weighted by atomic mass is 10.1. The van der Waals surface area contributed by atoms with E-state index in [1.165, 1.54) is 0 Å². The van der Waals surface area contributed by atoms with Gasteiger partial charge in [-0.15, -0.1) is 0 Å². The van der Waals surface area contributed by atoms with Crippen molar-refractivity contribution in [3.8, 4) is 0 Å². The fourth-order valence-electron chi connectivity index (χ4n) is 1.23. The first kappa shape index (κ1) is 8.04. The first-order valence-electron chi connectivity index (χ1n) is 3.41. The fourth-order valence-corrected chi connectivity index (χ4v) is 1.23. The van der Waals surface area contributed by atoms with Crippen LogP contribution in [0, 0.1) is 11.3 Å². The molecule has 0 aromatic heterocycles. The van der Waals surface area contributed by atoms with Crippen molar-refractivity contribution in [2.45, 2.75) is 20.0 Å². The van der Waals surface area contributed by atoms with Crippen molar-refractivity contribution >= 4 is 12.4 Å². The van der Waals surface area contributed by atoms with E-state index in [2.05, 4.69) is 4.74 Å². The van der Waals surface area contributed by atoms with Gasteiger partial charge < -0.3 is 15.3 Å². The van der Waals surface area contributed by atoms with Crippen LogP contribution in [-0.4, -0.2) is 18.5 Å². The van der Waals surface area contributed by atoms with Crippen molar-refractivity contribution in [1.29, 1.82) is 0 Å². The van der Waals surface area contributed by atoms with Gasteiger partial charge in [0.1, 0.15) is 12.4 Å². The minimum absolute atomic E-state index is 0.185. The quantitative estimate of drug-likeness (QED) is 0.586. The molecule has 1 amide bonds. The maximum absolute atomic E-state index is 10.3. The molecular formula is C7H11NO3. The van der Waals surface area contributed by atoms with E-state index in [0.717, 1.165) is 6.29 Å². The van der Waals surface area contributed by atoms with Crippen LogP contribution in [0.1, 0.15) is 13.8 Å². The molecule has 62 valence electrons. The summed E-state index contributed by atoms with van der Waals surface area (Å²) in [6.45, 7) is 3.72. The van der Waals surface area contributed by atoms with Crippen LogP contribution in [0.25, 0.3) is 0 Å². The van der Waals surface area contributed by atoms with Crippen LogP contribution in [0.3, 0.4) is 0 Å². The second kappa shape index (κ2) is 2.22. The van der Waals surface area contributed by atoms with Gasteiger partial charge in [0.15, 0.2) is 0 Å². The Morgan fingerprint density at radius 2 is 2.18 bits per heavy atom. The van der Waals surface area contributed by atoms with Crippen molar-refractivity contribution in [3.05, 3.63) is 0 Å². The Labute approximate surface area is 64.7 Å². The van der Waals surface area contributed by atoms with E-state index >= 15 is 0 Å². The summed E-state index contributed by atoms with van der Waals surface area (Å²) in [6, 6.07) is 0. The standard InChI is InChI=1S/C7H11NO3/c1-7(2)4(3-9)5(7)11-6(8)10/h3-5H,1-2H3,(H2,8,10). The first-order valence-corrected chi connectivity index (χ1v) is 3.41. The number of carbonyl (C=O) groups excluding carboxylic acids is 2. The second-order valence-corrected chi connectivity index (χ2v) is 3.34. The maximum atomic E-state index is 10.3. The van der Waals surface area contributed by atoms with Crippen LogP contribution < -0.4 is 5.73 Å². The van der Waals surface area contributed by atoms with E-state index in [0.29, 0.717) is 0 Å². The zero-order valence-electron chi connectivity index (χ0n) is 6.53. The van der Waals surface area contributed by atoms with Gasteiger partial charge in [-0.25, -0.2) is 4.79 Å². The molecule has 0 bridgehead atoms. The van der Waals surface area contributed by atoms with Gasteiger partial charge in [0.2, 0.25) is 0 Å². The summed E-state index contributed by atoms with van der Waals surface area (Å²) < 4.78 is 4.69. The highest BCUT2D eigenvalue weighted by Gasteiger charge is 2.61. The number of primary amides is 1. The molecule has 2 N–H and O–H groups in total. The summed E-state index contributed by atoms with van der Waals surface area (Å²) >= 11 is 0. The Balaban J connectivity index is 2.52. The van der Waals surface area contributed by atoms with E-state index in [1.807, 2.05) is 13.8 Å². The third-order valence-corrected chi connectivity index (χ3v) is 2.20. The van der Waals surface area contributed by atoms with Gasteiger partial charge in [-0.05, 0) is 0 Å². The molecule has 2 atom stereocenters. The molecule has 0 saturated heterocycles. The van der Waals surface area contributed by atoms with Crippen molar-refractivity contribution in [2.24, 2.45) is 17.1 Å². The monoisotopic (exact) mass is 157 g/mol. The number of hydrogen-bond acceptors (Lipinski definition) is 3. The molecule has 0 radical (unpaired) electrons. The first-order chi connectivity index (χ1) is 5.00. The normalized spacial score (nSPS) is 32.5. The van der Waals surface area contributed by atoms with Crippen LogP contribution in [0.15, 0.2) is 0 Å². The highest BCUT2D eigenvalue weighted by Crippen LogP contribution is 2.52. The summed E-state index contributed by atoms with van der Waals surface area (Å²) in [5, 5.41) is 0.